The lowest BCUT2D eigenvalue weighted by Gasteiger charge is -2.39. The highest BCUT2D eigenvalue weighted by molar-refractivity contribution is 8.00. The number of benzene rings is 1. The topological polar surface area (TPSA) is 52.8 Å². The van der Waals surface area contributed by atoms with E-state index in [1.807, 2.05) is 23.9 Å². The average Bonchev–Trinajstić information content (AvgIpc) is 3.57. The van der Waals surface area contributed by atoms with Crippen LogP contribution in [0.25, 0.3) is 11.3 Å². The van der Waals surface area contributed by atoms with Crippen molar-refractivity contribution in [1.82, 2.24) is 19.7 Å². The number of hydrogen-bond acceptors (Lipinski definition) is 5. The Bertz CT molecular complexity index is 1250. The van der Waals surface area contributed by atoms with Gasteiger partial charge >= 0.3 is 0 Å². The zero-order chi connectivity index (χ0) is 25.8. The molecule has 2 aromatic heterocycles. The van der Waals surface area contributed by atoms with Crippen LogP contribution in [0.15, 0.2) is 42.6 Å². The number of fused-ring (bicyclic) bond motifs is 1. The Hall–Kier alpha value is -2.03. The van der Waals surface area contributed by atoms with Crippen molar-refractivity contribution < 1.29 is 8.82 Å². The van der Waals surface area contributed by atoms with E-state index in [4.69, 9.17) is 14.6 Å². The Morgan fingerprint density at radius 2 is 1.83 bits per heavy atom. The molecule has 5 nitrogen and oxygen atoms in total. The van der Waals surface area contributed by atoms with Gasteiger partial charge in [-0.2, -0.15) is 11.8 Å². The molecule has 5 rings (SSSR count). The highest BCUT2D eigenvalue weighted by Gasteiger charge is 2.51. The van der Waals surface area contributed by atoms with Crippen LogP contribution in [0.3, 0.4) is 0 Å². The largest absolute Gasteiger partial charge is 0.415 e. The number of hydrogen-bond donors (Lipinski definition) is 0. The molecule has 0 bridgehead atoms. The molecule has 0 amide bonds. The lowest BCUT2D eigenvalue weighted by Crippen LogP contribution is -2.45. The number of aromatic nitrogens is 4. The lowest BCUT2D eigenvalue weighted by atomic mass is 9.93. The van der Waals surface area contributed by atoms with E-state index in [9.17, 15) is 4.39 Å². The molecule has 3 heterocycles. The van der Waals surface area contributed by atoms with Gasteiger partial charge in [0.1, 0.15) is 23.2 Å². The van der Waals surface area contributed by atoms with E-state index >= 15 is 0 Å². The molecule has 3 aromatic rings. The van der Waals surface area contributed by atoms with Gasteiger partial charge in [0.25, 0.3) is 0 Å². The fourth-order valence-corrected chi connectivity index (χ4v) is 7.13. The summed E-state index contributed by atoms with van der Waals surface area (Å²) >= 11 is 2.00. The van der Waals surface area contributed by atoms with Gasteiger partial charge in [0.05, 0.1) is 5.41 Å². The third kappa shape index (κ3) is 4.68. The first-order chi connectivity index (χ1) is 16.9. The summed E-state index contributed by atoms with van der Waals surface area (Å²) in [6.07, 6.45) is 4.60. The minimum Gasteiger partial charge on any atom is -0.415 e. The van der Waals surface area contributed by atoms with E-state index in [1.165, 1.54) is 11.6 Å². The summed E-state index contributed by atoms with van der Waals surface area (Å²) in [5, 5.41) is 9.66. The maximum absolute atomic E-state index is 14.2. The molecule has 1 unspecified atom stereocenters. The van der Waals surface area contributed by atoms with E-state index in [1.54, 1.807) is 12.3 Å². The van der Waals surface area contributed by atoms with E-state index in [0.717, 1.165) is 55.4 Å². The van der Waals surface area contributed by atoms with Gasteiger partial charge < -0.3 is 8.99 Å². The van der Waals surface area contributed by atoms with Crippen LogP contribution in [-0.2, 0) is 22.8 Å². The Morgan fingerprint density at radius 1 is 1.11 bits per heavy atom. The fraction of sp³-hybridized carbons (Fsp3) is 0.536. The van der Waals surface area contributed by atoms with Crippen LogP contribution >= 0.6 is 11.8 Å². The quantitative estimate of drug-likeness (QED) is 0.339. The lowest BCUT2D eigenvalue weighted by molar-refractivity contribution is 0.252. The summed E-state index contributed by atoms with van der Waals surface area (Å²) < 4.78 is 23.2. The zero-order valence-electron chi connectivity index (χ0n) is 22.3. The molecule has 8 heteroatoms. The van der Waals surface area contributed by atoms with Gasteiger partial charge in [0.15, 0.2) is 8.32 Å². The molecule has 2 aliphatic rings. The van der Waals surface area contributed by atoms with Gasteiger partial charge in [-0.15, -0.1) is 10.2 Å². The van der Waals surface area contributed by atoms with Gasteiger partial charge in [-0.3, -0.25) is 4.98 Å². The predicted octanol–water partition coefficient (Wildman–Crippen LogP) is 6.63. The minimum absolute atomic E-state index is 0.0147. The molecule has 0 spiro atoms. The maximum atomic E-state index is 14.2. The number of nitrogens with zero attached hydrogens (tertiary/aromatic N) is 4. The molecular weight excluding hydrogens is 487 g/mol. The second-order valence-corrected chi connectivity index (χ2v) is 18.6. The highest BCUT2D eigenvalue weighted by Crippen LogP contribution is 2.53. The summed E-state index contributed by atoms with van der Waals surface area (Å²) in [5.41, 5.74) is 2.30. The summed E-state index contributed by atoms with van der Waals surface area (Å²) in [6, 6.07) is 11.2. The van der Waals surface area contributed by atoms with Crippen molar-refractivity contribution in [1.29, 1.82) is 0 Å². The molecule has 0 radical (unpaired) electrons. The summed E-state index contributed by atoms with van der Waals surface area (Å²) in [6.45, 7) is 15.5. The standard InChI is InChI=1S/C28H37FN4OSSi/c1-26(2,3)36(5,6)34-19-27(4)18-23-31-32-25(33(23)16-17-35-27)28(13-14-28)21-11-9-20(10-12-21)24-22(29)8-7-15-30-24/h7-12,15H,13-14,16-19H2,1-6H3. The average molecular weight is 525 g/mol. The predicted molar refractivity (Wildman–Crippen MR) is 147 cm³/mol. The molecule has 1 fully saturated rings. The van der Waals surface area contributed by atoms with Crippen LogP contribution in [0.1, 0.15) is 57.7 Å². The summed E-state index contributed by atoms with van der Waals surface area (Å²) in [5.74, 6) is 2.86. The Labute approximate surface area is 219 Å². The monoisotopic (exact) mass is 524 g/mol. The van der Waals surface area contributed by atoms with Crippen LogP contribution in [0.4, 0.5) is 4.39 Å². The first-order valence-electron chi connectivity index (χ1n) is 12.9. The van der Waals surface area contributed by atoms with Gasteiger partial charge in [0, 0.05) is 41.8 Å². The van der Waals surface area contributed by atoms with Crippen molar-refractivity contribution in [3.8, 4) is 11.3 Å². The molecule has 0 N–H and O–H groups in total. The summed E-state index contributed by atoms with van der Waals surface area (Å²) in [7, 11) is -1.82. The van der Waals surface area contributed by atoms with Gasteiger partial charge in [-0.25, -0.2) is 4.39 Å². The fourth-order valence-electron chi connectivity index (χ4n) is 4.78. The Kier molecular flexibility index (Phi) is 6.45. The van der Waals surface area contributed by atoms with Crippen molar-refractivity contribution in [3.05, 3.63) is 65.6 Å². The second kappa shape index (κ2) is 9.06. The summed E-state index contributed by atoms with van der Waals surface area (Å²) in [4.78, 5) is 4.22. The van der Waals surface area contributed by atoms with E-state index < -0.39 is 8.32 Å². The molecule has 0 saturated heterocycles. The number of pyridine rings is 1. The zero-order valence-corrected chi connectivity index (χ0v) is 24.1. The minimum atomic E-state index is -1.82. The first-order valence-corrected chi connectivity index (χ1v) is 16.8. The molecular formula is C28H37FN4OSSi. The Morgan fingerprint density at radius 3 is 2.47 bits per heavy atom. The van der Waals surface area contributed by atoms with Crippen molar-refractivity contribution in [2.45, 2.75) is 81.8 Å². The second-order valence-electron chi connectivity index (χ2n) is 12.1. The van der Waals surface area contributed by atoms with Crippen LogP contribution < -0.4 is 0 Å². The van der Waals surface area contributed by atoms with Crippen LogP contribution in [0, 0.1) is 5.82 Å². The molecule has 1 saturated carbocycles. The number of thioether (sulfide) groups is 1. The molecule has 1 atom stereocenters. The van der Waals surface area contributed by atoms with Crippen molar-refractivity contribution >= 4 is 20.1 Å². The maximum Gasteiger partial charge on any atom is 0.192 e. The van der Waals surface area contributed by atoms with Gasteiger partial charge in [-0.05, 0) is 55.6 Å². The normalized spacial score (nSPS) is 21.6. The SMILES string of the molecule is CC1(CO[Si](C)(C)C(C)(C)C)Cc2nnc(C3(c4ccc(-c5ncccc5F)cc4)CC3)n2CCS1. The van der Waals surface area contributed by atoms with Crippen LogP contribution in [0.2, 0.25) is 18.1 Å². The van der Waals surface area contributed by atoms with Crippen molar-refractivity contribution in [3.63, 3.8) is 0 Å². The van der Waals surface area contributed by atoms with Crippen molar-refractivity contribution in [2.75, 3.05) is 12.4 Å². The number of halogens is 1. The molecule has 1 aromatic carbocycles. The number of rotatable bonds is 6. The smallest absolute Gasteiger partial charge is 0.192 e. The van der Waals surface area contributed by atoms with Crippen LogP contribution in [0.5, 0.6) is 0 Å². The van der Waals surface area contributed by atoms with Crippen LogP contribution in [-0.4, -0.2) is 45.2 Å². The third-order valence-electron chi connectivity index (χ3n) is 8.32. The first kappa shape index (κ1) is 25.6. The van der Waals surface area contributed by atoms with E-state index in [0.29, 0.717) is 5.69 Å². The Balaban J connectivity index is 1.37. The molecule has 1 aliphatic heterocycles. The third-order valence-corrected chi connectivity index (χ3v) is 14.1. The highest BCUT2D eigenvalue weighted by atomic mass is 32.2. The van der Waals surface area contributed by atoms with Gasteiger partial charge in [0.2, 0.25) is 0 Å². The van der Waals surface area contributed by atoms with E-state index in [2.05, 4.69) is 62.5 Å². The molecule has 1 aliphatic carbocycles. The molecule has 192 valence electrons. The van der Waals surface area contributed by atoms with Crippen molar-refractivity contribution in [2.24, 2.45) is 0 Å². The van der Waals surface area contributed by atoms with E-state index in [-0.39, 0.29) is 21.0 Å². The van der Waals surface area contributed by atoms with Gasteiger partial charge in [-0.1, -0.05) is 45.0 Å². The molecule has 36 heavy (non-hydrogen) atoms.